The molecule has 0 saturated heterocycles. The molecule has 11 heavy (non-hydrogen) atoms. The molecule has 0 nitrogen and oxygen atoms in total. The molecular formula is C10H11Br. The van der Waals surface area contributed by atoms with Crippen molar-refractivity contribution >= 4 is 22.0 Å². The summed E-state index contributed by atoms with van der Waals surface area (Å²) in [4.78, 5) is 0. The molecule has 58 valence electrons. The molecule has 0 unspecified atom stereocenters. The van der Waals surface area contributed by atoms with E-state index in [0.29, 0.717) is 0 Å². The normalized spacial score (nSPS) is 11.6. The van der Waals surface area contributed by atoms with Gasteiger partial charge in [-0.25, -0.2) is 0 Å². The standard InChI is InChI=1S/C10H11Br/c1-2-10(11)8-9-6-4-3-5-7-9/h3-8H,2H2,1H3/b10-8-. The van der Waals surface area contributed by atoms with Crippen LogP contribution in [-0.4, -0.2) is 0 Å². The van der Waals surface area contributed by atoms with Crippen LogP contribution >= 0.6 is 15.9 Å². The predicted molar refractivity (Wildman–Crippen MR) is 53.6 cm³/mol. The van der Waals surface area contributed by atoms with Crippen molar-refractivity contribution in [3.05, 3.63) is 40.4 Å². The highest BCUT2D eigenvalue weighted by molar-refractivity contribution is 9.11. The van der Waals surface area contributed by atoms with Gasteiger partial charge in [0, 0.05) is 0 Å². The summed E-state index contributed by atoms with van der Waals surface area (Å²) in [7, 11) is 0. The van der Waals surface area contributed by atoms with Gasteiger partial charge in [-0.3, -0.25) is 0 Å². The van der Waals surface area contributed by atoms with Gasteiger partial charge in [0.1, 0.15) is 0 Å². The van der Waals surface area contributed by atoms with E-state index in [2.05, 4.69) is 41.1 Å². The van der Waals surface area contributed by atoms with Gasteiger partial charge in [-0.15, -0.1) is 0 Å². The van der Waals surface area contributed by atoms with Crippen LogP contribution in [0, 0.1) is 0 Å². The van der Waals surface area contributed by atoms with Crippen LogP contribution in [0.1, 0.15) is 18.9 Å². The fourth-order valence-corrected chi connectivity index (χ4v) is 1.10. The van der Waals surface area contributed by atoms with E-state index >= 15 is 0 Å². The maximum Gasteiger partial charge on any atom is -0.00462 e. The Morgan fingerprint density at radius 1 is 1.36 bits per heavy atom. The summed E-state index contributed by atoms with van der Waals surface area (Å²) in [6.07, 6.45) is 3.19. The first-order chi connectivity index (χ1) is 5.33. The van der Waals surface area contributed by atoms with Crippen LogP contribution in [-0.2, 0) is 0 Å². The second kappa shape index (κ2) is 4.35. The van der Waals surface area contributed by atoms with Crippen molar-refractivity contribution in [2.75, 3.05) is 0 Å². The Labute approximate surface area is 76.1 Å². The average Bonchev–Trinajstić information content (AvgIpc) is 2.06. The monoisotopic (exact) mass is 210 g/mol. The fraction of sp³-hybridized carbons (Fsp3) is 0.200. The molecule has 1 rings (SSSR count). The summed E-state index contributed by atoms with van der Waals surface area (Å²) >= 11 is 3.47. The average molecular weight is 211 g/mol. The minimum absolute atomic E-state index is 1.05. The summed E-state index contributed by atoms with van der Waals surface area (Å²) in [5, 5.41) is 0. The van der Waals surface area contributed by atoms with Gasteiger partial charge in [-0.2, -0.15) is 0 Å². The van der Waals surface area contributed by atoms with Crippen LogP contribution in [0.3, 0.4) is 0 Å². The van der Waals surface area contributed by atoms with Crippen molar-refractivity contribution in [1.82, 2.24) is 0 Å². The van der Waals surface area contributed by atoms with Gasteiger partial charge in [0.15, 0.2) is 0 Å². The van der Waals surface area contributed by atoms with E-state index in [9.17, 15) is 0 Å². The Morgan fingerprint density at radius 2 is 2.00 bits per heavy atom. The Kier molecular flexibility index (Phi) is 3.37. The zero-order chi connectivity index (χ0) is 8.10. The fourth-order valence-electron chi connectivity index (χ4n) is 0.832. The second-order valence-electron chi connectivity index (χ2n) is 2.36. The van der Waals surface area contributed by atoms with Crippen molar-refractivity contribution in [2.24, 2.45) is 0 Å². The largest absolute Gasteiger partial charge is 0.0622 e. The van der Waals surface area contributed by atoms with Gasteiger partial charge in [0.2, 0.25) is 0 Å². The van der Waals surface area contributed by atoms with E-state index in [1.165, 1.54) is 10.0 Å². The molecule has 1 aromatic rings. The van der Waals surface area contributed by atoms with Crippen molar-refractivity contribution in [3.63, 3.8) is 0 Å². The van der Waals surface area contributed by atoms with Crippen LogP contribution in [0.15, 0.2) is 34.8 Å². The molecule has 0 aliphatic heterocycles. The van der Waals surface area contributed by atoms with Gasteiger partial charge in [0.05, 0.1) is 0 Å². The second-order valence-corrected chi connectivity index (χ2v) is 3.37. The Bertz CT molecular complexity index is 236. The first kappa shape index (κ1) is 8.54. The summed E-state index contributed by atoms with van der Waals surface area (Å²) in [6, 6.07) is 10.3. The Morgan fingerprint density at radius 3 is 2.55 bits per heavy atom. The molecule has 0 aromatic heterocycles. The quantitative estimate of drug-likeness (QED) is 0.697. The van der Waals surface area contributed by atoms with Gasteiger partial charge in [-0.1, -0.05) is 53.2 Å². The zero-order valence-corrected chi connectivity index (χ0v) is 8.14. The van der Waals surface area contributed by atoms with Gasteiger partial charge in [-0.05, 0) is 22.5 Å². The first-order valence-electron chi connectivity index (χ1n) is 3.74. The molecule has 0 radical (unpaired) electrons. The third-order valence-corrected chi connectivity index (χ3v) is 2.25. The van der Waals surface area contributed by atoms with Crippen molar-refractivity contribution in [1.29, 1.82) is 0 Å². The maximum absolute atomic E-state index is 3.47. The number of rotatable bonds is 2. The van der Waals surface area contributed by atoms with Gasteiger partial charge >= 0.3 is 0 Å². The van der Waals surface area contributed by atoms with E-state index < -0.39 is 0 Å². The van der Waals surface area contributed by atoms with E-state index in [1.54, 1.807) is 0 Å². The van der Waals surface area contributed by atoms with Crippen LogP contribution < -0.4 is 0 Å². The highest BCUT2D eigenvalue weighted by Crippen LogP contribution is 2.14. The highest BCUT2D eigenvalue weighted by atomic mass is 79.9. The molecule has 1 aromatic carbocycles. The topological polar surface area (TPSA) is 0 Å². The van der Waals surface area contributed by atoms with Crippen molar-refractivity contribution < 1.29 is 0 Å². The molecule has 0 saturated carbocycles. The molecular weight excluding hydrogens is 200 g/mol. The van der Waals surface area contributed by atoms with E-state index in [4.69, 9.17) is 0 Å². The third kappa shape index (κ3) is 2.89. The van der Waals surface area contributed by atoms with Crippen LogP contribution in [0.25, 0.3) is 6.08 Å². The molecule has 0 bridgehead atoms. The lowest BCUT2D eigenvalue weighted by molar-refractivity contribution is 1.22. The number of hydrogen-bond donors (Lipinski definition) is 0. The molecule has 0 aliphatic rings. The highest BCUT2D eigenvalue weighted by Gasteiger charge is 1.87. The lowest BCUT2D eigenvalue weighted by Gasteiger charge is -1.93. The summed E-state index contributed by atoms with van der Waals surface area (Å²) < 4.78 is 1.24. The van der Waals surface area contributed by atoms with Crippen molar-refractivity contribution in [3.8, 4) is 0 Å². The number of halogens is 1. The summed E-state index contributed by atoms with van der Waals surface area (Å²) in [5.74, 6) is 0. The molecule has 0 spiro atoms. The van der Waals surface area contributed by atoms with Crippen LogP contribution in [0.4, 0.5) is 0 Å². The Balaban J connectivity index is 2.79. The lowest BCUT2D eigenvalue weighted by Crippen LogP contribution is -1.70. The number of hydrogen-bond acceptors (Lipinski definition) is 0. The minimum atomic E-state index is 1.05. The number of allylic oxidation sites excluding steroid dienone is 1. The molecule has 1 heteroatoms. The van der Waals surface area contributed by atoms with Crippen LogP contribution in [0.5, 0.6) is 0 Å². The SMILES string of the molecule is CC/C(Br)=C/c1ccccc1. The molecule has 0 fully saturated rings. The van der Waals surface area contributed by atoms with Gasteiger partial charge < -0.3 is 0 Å². The zero-order valence-electron chi connectivity index (χ0n) is 6.55. The molecule has 0 amide bonds. The van der Waals surface area contributed by atoms with E-state index in [-0.39, 0.29) is 0 Å². The summed E-state index contributed by atoms with van der Waals surface area (Å²) in [6.45, 7) is 2.13. The predicted octanol–water partition coefficient (Wildman–Crippen LogP) is 3.83. The van der Waals surface area contributed by atoms with Gasteiger partial charge in [0.25, 0.3) is 0 Å². The minimum Gasteiger partial charge on any atom is -0.0622 e. The first-order valence-corrected chi connectivity index (χ1v) is 4.53. The maximum atomic E-state index is 3.47. The summed E-state index contributed by atoms with van der Waals surface area (Å²) in [5.41, 5.74) is 1.25. The number of benzene rings is 1. The lowest BCUT2D eigenvalue weighted by atomic mass is 10.2. The molecule has 0 aliphatic carbocycles. The molecule has 0 atom stereocenters. The van der Waals surface area contributed by atoms with E-state index in [0.717, 1.165) is 6.42 Å². The van der Waals surface area contributed by atoms with Crippen molar-refractivity contribution in [2.45, 2.75) is 13.3 Å². The smallest absolute Gasteiger partial charge is 0.00462 e. The Hall–Kier alpha value is -0.560. The van der Waals surface area contributed by atoms with Crippen LogP contribution in [0.2, 0.25) is 0 Å². The molecule has 0 N–H and O–H groups in total. The molecule has 0 heterocycles. The van der Waals surface area contributed by atoms with E-state index in [1.807, 2.05) is 18.2 Å². The third-order valence-electron chi connectivity index (χ3n) is 1.46.